The van der Waals surface area contributed by atoms with Crippen molar-refractivity contribution in [1.82, 2.24) is 10.3 Å². The van der Waals surface area contributed by atoms with Gasteiger partial charge in [0.1, 0.15) is 0 Å². The van der Waals surface area contributed by atoms with Crippen molar-refractivity contribution in [1.29, 1.82) is 0 Å². The molecular weight excluding hydrogens is 196 g/mol. The second-order valence-electron chi connectivity index (χ2n) is 3.59. The van der Waals surface area contributed by atoms with Gasteiger partial charge in [-0.25, -0.2) is 0 Å². The summed E-state index contributed by atoms with van der Waals surface area (Å²) >= 11 is 1.71. The fraction of sp³-hybridized carbons (Fsp3) is 0.700. The van der Waals surface area contributed by atoms with Gasteiger partial charge in [0.05, 0.1) is 11.6 Å². The van der Waals surface area contributed by atoms with Crippen molar-refractivity contribution in [2.45, 2.75) is 38.5 Å². The first kappa shape index (κ1) is 10.1. The molecule has 14 heavy (non-hydrogen) atoms. The van der Waals surface area contributed by atoms with E-state index >= 15 is 0 Å². The minimum absolute atomic E-state index is 0.499. The molecule has 1 aromatic heterocycles. The van der Waals surface area contributed by atoms with Crippen LogP contribution in [0.3, 0.4) is 0 Å². The van der Waals surface area contributed by atoms with Crippen molar-refractivity contribution in [2.75, 3.05) is 6.61 Å². The molecule has 0 bridgehead atoms. The fourth-order valence-corrected chi connectivity index (χ4v) is 2.22. The molecule has 3 nitrogen and oxygen atoms in total. The zero-order valence-electron chi connectivity index (χ0n) is 8.40. The van der Waals surface area contributed by atoms with E-state index in [2.05, 4.69) is 17.2 Å². The van der Waals surface area contributed by atoms with E-state index in [1.54, 1.807) is 11.3 Å². The third-order valence-corrected chi connectivity index (χ3v) is 3.33. The summed E-state index contributed by atoms with van der Waals surface area (Å²) in [6.07, 6.45) is 4.74. The summed E-state index contributed by atoms with van der Waals surface area (Å²) in [5.41, 5.74) is 1.88. The lowest BCUT2D eigenvalue weighted by Gasteiger charge is -2.35. The second-order valence-corrected chi connectivity index (χ2v) is 4.57. The predicted octanol–water partition coefficient (Wildman–Crippen LogP) is 1.80. The molecule has 0 aliphatic heterocycles. The van der Waals surface area contributed by atoms with Gasteiger partial charge in [-0.15, -0.1) is 11.3 Å². The van der Waals surface area contributed by atoms with Crippen molar-refractivity contribution < 1.29 is 4.74 Å². The van der Waals surface area contributed by atoms with Crippen LogP contribution in [-0.2, 0) is 11.3 Å². The minimum Gasteiger partial charge on any atom is -0.378 e. The normalized spacial score (nSPS) is 26.1. The van der Waals surface area contributed by atoms with Crippen LogP contribution in [-0.4, -0.2) is 23.7 Å². The van der Waals surface area contributed by atoms with Gasteiger partial charge in [-0.3, -0.25) is 4.98 Å². The average Bonchev–Trinajstić information content (AvgIpc) is 2.61. The number of ether oxygens (including phenoxy) is 1. The third kappa shape index (κ3) is 2.53. The molecule has 1 aromatic rings. The Hall–Kier alpha value is -0.450. The molecular formula is C10H16N2OS. The summed E-state index contributed by atoms with van der Waals surface area (Å²) in [6, 6.07) is 0.647. The maximum atomic E-state index is 5.50. The fourth-order valence-electron chi connectivity index (χ4n) is 1.68. The van der Waals surface area contributed by atoms with Crippen LogP contribution in [0.15, 0.2) is 11.7 Å². The highest BCUT2D eigenvalue weighted by molar-refractivity contribution is 7.09. The first-order chi connectivity index (χ1) is 6.88. The van der Waals surface area contributed by atoms with Gasteiger partial charge in [-0.1, -0.05) is 0 Å². The number of nitrogens with one attached hydrogen (secondary N) is 1. The SMILES string of the molecule is CCOC1CC(NCc2cncs2)C1. The van der Waals surface area contributed by atoms with Gasteiger partial charge in [-0.05, 0) is 19.8 Å². The van der Waals surface area contributed by atoms with Gasteiger partial charge < -0.3 is 10.1 Å². The summed E-state index contributed by atoms with van der Waals surface area (Å²) < 4.78 is 5.50. The van der Waals surface area contributed by atoms with Gasteiger partial charge in [-0.2, -0.15) is 0 Å². The number of nitrogens with zero attached hydrogens (tertiary/aromatic N) is 1. The van der Waals surface area contributed by atoms with E-state index in [0.29, 0.717) is 12.1 Å². The molecule has 0 saturated heterocycles. The molecule has 1 aliphatic rings. The predicted molar refractivity (Wildman–Crippen MR) is 57.4 cm³/mol. The average molecular weight is 212 g/mol. The van der Waals surface area contributed by atoms with Crippen LogP contribution in [0.1, 0.15) is 24.6 Å². The van der Waals surface area contributed by atoms with Gasteiger partial charge in [0.15, 0.2) is 0 Å². The molecule has 4 heteroatoms. The summed E-state index contributed by atoms with van der Waals surface area (Å²) in [5.74, 6) is 0. The quantitative estimate of drug-likeness (QED) is 0.808. The Labute approximate surface area is 88.5 Å². The molecule has 0 unspecified atom stereocenters. The van der Waals surface area contributed by atoms with Crippen LogP contribution in [0.4, 0.5) is 0 Å². The minimum atomic E-state index is 0.499. The molecule has 78 valence electrons. The molecule has 1 saturated carbocycles. The molecule has 1 N–H and O–H groups in total. The standard InChI is InChI=1S/C10H16N2OS/c1-2-13-9-3-8(4-9)12-6-10-5-11-7-14-10/h5,7-9,12H,2-4,6H2,1H3. The lowest BCUT2D eigenvalue weighted by Crippen LogP contribution is -2.44. The molecule has 0 radical (unpaired) electrons. The maximum Gasteiger partial charge on any atom is 0.0794 e. The van der Waals surface area contributed by atoms with Crippen molar-refractivity contribution in [2.24, 2.45) is 0 Å². The summed E-state index contributed by atoms with van der Waals surface area (Å²) in [7, 11) is 0. The Morgan fingerprint density at radius 1 is 1.64 bits per heavy atom. The topological polar surface area (TPSA) is 34.1 Å². The van der Waals surface area contributed by atoms with Crippen LogP contribution in [0.25, 0.3) is 0 Å². The zero-order chi connectivity index (χ0) is 9.80. The van der Waals surface area contributed by atoms with Gasteiger partial charge in [0.25, 0.3) is 0 Å². The van der Waals surface area contributed by atoms with Crippen LogP contribution in [0.5, 0.6) is 0 Å². The third-order valence-electron chi connectivity index (χ3n) is 2.55. The molecule has 1 heterocycles. The van der Waals surface area contributed by atoms with E-state index in [-0.39, 0.29) is 0 Å². The van der Waals surface area contributed by atoms with Crippen LogP contribution in [0.2, 0.25) is 0 Å². The number of aromatic nitrogens is 1. The Kier molecular flexibility index (Phi) is 3.50. The van der Waals surface area contributed by atoms with E-state index in [1.165, 1.54) is 4.88 Å². The van der Waals surface area contributed by atoms with Crippen molar-refractivity contribution in [3.63, 3.8) is 0 Å². The largest absolute Gasteiger partial charge is 0.378 e. The lowest BCUT2D eigenvalue weighted by atomic mass is 9.89. The van der Waals surface area contributed by atoms with E-state index in [1.807, 2.05) is 11.7 Å². The van der Waals surface area contributed by atoms with E-state index in [4.69, 9.17) is 4.74 Å². The number of hydrogen-bond acceptors (Lipinski definition) is 4. The molecule has 0 amide bonds. The Morgan fingerprint density at radius 2 is 2.50 bits per heavy atom. The van der Waals surface area contributed by atoms with Crippen molar-refractivity contribution >= 4 is 11.3 Å². The van der Waals surface area contributed by atoms with Crippen molar-refractivity contribution in [3.05, 3.63) is 16.6 Å². The Morgan fingerprint density at radius 3 is 3.14 bits per heavy atom. The van der Waals surface area contributed by atoms with Gasteiger partial charge in [0, 0.05) is 30.3 Å². The number of hydrogen-bond donors (Lipinski definition) is 1. The molecule has 1 aliphatic carbocycles. The van der Waals surface area contributed by atoms with Crippen LogP contribution in [0, 0.1) is 0 Å². The van der Waals surface area contributed by atoms with Crippen LogP contribution >= 0.6 is 11.3 Å². The maximum absolute atomic E-state index is 5.50. The Bertz CT molecular complexity index is 257. The molecule has 1 fully saturated rings. The molecule has 2 rings (SSSR count). The van der Waals surface area contributed by atoms with E-state index < -0.39 is 0 Å². The lowest BCUT2D eigenvalue weighted by molar-refractivity contribution is -0.0101. The summed E-state index contributed by atoms with van der Waals surface area (Å²) in [6.45, 7) is 3.85. The first-order valence-corrected chi connectivity index (χ1v) is 5.98. The number of rotatable bonds is 5. The zero-order valence-corrected chi connectivity index (χ0v) is 9.22. The van der Waals surface area contributed by atoms with Crippen LogP contribution < -0.4 is 5.32 Å². The van der Waals surface area contributed by atoms with E-state index in [9.17, 15) is 0 Å². The number of thiazole rings is 1. The molecule has 0 aromatic carbocycles. The van der Waals surface area contributed by atoms with Gasteiger partial charge >= 0.3 is 0 Å². The molecule has 0 spiro atoms. The van der Waals surface area contributed by atoms with Gasteiger partial charge in [0.2, 0.25) is 0 Å². The van der Waals surface area contributed by atoms with E-state index in [0.717, 1.165) is 26.0 Å². The highest BCUT2D eigenvalue weighted by atomic mass is 32.1. The first-order valence-electron chi connectivity index (χ1n) is 5.11. The van der Waals surface area contributed by atoms with Crippen molar-refractivity contribution in [3.8, 4) is 0 Å². The second kappa shape index (κ2) is 4.87. The molecule has 0 atom stereocenters. The highest BCUT2D eigenvalue weighted by Crippen LogP contribution is 2.23. The monoisotopic (exact) mass is 212 g/mol. The Balaban J connectivity index is 1.61. The summed E-state index contributed by atoms with van der Waals surface area (Å²) in [4.78, 5) is 5.35. The highest BCUT2D eigenvalue weighted by Gasteiger charge is 2.28. The summed E-state index contributed by atoms with van der Waals surface area (Å²) in [5, 5.41) is 3.50. The smallest absolute Gasteiger partial charge is 0.0794 e.